The minimum Gasteiger partial charge on any atom is -0.491 e. The van der Waals surface area contributed by atoms with Gasteiger partial charge in [-0.1, -0.05) is 13.8 Å². The lowest BCUT2D eigenvalue weighted by Gasteiger charge is -2.15. The van der Waals surface area contributed by atoms with E-state index in [9.17, 15) is 4.79 Å². The van der Waals surface area contributed by atoms with Gasteiger partial charge in [-0.05, 0) is 44.0 Å². The Morgan fingerprint density at radius 2 is 1.72 bits per heavy atom. The molecule has 4 nitrogen and oxygen atoms in total. The predicted molar refractivity (Wildman–Crippen MR) is 73.6 cm³/mol. The number of rotatable bonds is 5. The van der Waals surface area contributed by atoms with E-state index in [0.29, 0.717) is 0 Å². The van der Waals surface area contributed by atoms with Crippen LogP contribution in [0.15, 0.2) is 24.3 Å². The van der Waals surface area contributed by atoms with E-state index >= 15 is 0 Å². The Morgan fingerprint density at radius 3 is 2.17 bits per heavy atom. The highest BCUT2D eigenvalue weighted by molar-refractivity contribution is 5.94. The maximum absolute atomic E-state index is 11.7. The third kappa shape index (κ3) is 4.37. The van der Waals surface area contributed by atoms with Crippen LogP contribution in [0.1, 0.15) is 27.7 Å². The van der Waals surface area contributed by atoms with Crippen LogP contribution in [0.25, 0.3) is 0 Å². The van der Waals surface area contributed by atoms with Gasteiger partial charge in [-0.2, -0.15) is 0 Å². The first-order valence-electron chi connectivity index (χ1n) is 6.23. The molecular weight excluding hydrogens is 228 g/mol. The van der Waals surface area contributed by atoms with Crippen LogP contribution in [-0.4, -0.2) is 18.1 Å². The van der Waals surface area contributed by atoms with Crippen molar-refractivity contribution in [3.8, 4) is 5.75 Å². The van der Waals surface area contributed by atoms with E-state index in [0.717, 1.165) is 11.4 Å². The molecule has 4 heteroatoms. The molecule has 0 fully saturated rings. The molecule has 1 atom stereocenters. The van der Waals surface area contributed by atoms with E-state index in [4.69, 9.17) is 10.5 Å². The van der Waals surface area contributed by atoms with Crippen molar-refractivity contribution in [2.75, 3.05) is 5.32 Å². The second kappa shape index (κ2) is 6.40. The molecule has 1 aromatic rings. The second-order valence-corrected chi connectivity index (χ2v) is 4.95. The van der Waals surface area contributed by atoms with Crippen LogP contribution < -0.4 is 15.8 Å². The number of amides is 1. The van der Waals surface area contributed by atoms with Crippen molar-refractivity contribution in [2.24, 2.45) is 11.7 Å². The smallest absolute Gasteiger partial charge is 0.241 e. The first-order chi connectivity index (χ1) is 8.40. The van der Waals surface area contributed by atoms with Gasteiger partial charge in [0.25, 0.3) is 0 Å². The Hall–Kier alpha value is -1.55. The molecule has 0 aromatic heterocycles. The molecule has 1 unspecified atom stereocenters. The van der Waals surface area contributed by atoms with Gasteiger partial charge in [0.2, 0.25) is 5.91 Å². The fourth-order valence-electron chi connectivity index (χ4n) is 1.42. The summed E-state index contributed by atoms with van der Waals surface area (Å²) in [5, 5.41) is 2.78. The van der Waals surface area contributed by atoms with Crippen molar-refractivity contribution in [3.05, 3.63) is 24.3 Å². The Balaban J connectivity index is 2.61. The summed E-state index contributed by atoms with van der Waals surface area (Å²) in [5.41, 5.74) is 6.50. The number of carbonyl (C=O) groups is 1. The molecule has 1 aromatic carbocycles. The lowest BCUT2D eigenvalue weighted by molar-refractivity contribution is -0.118. The minimum atomic E-state index is -0.489. The van der Waals surface area contributed by atoms with Crippen LogP contribution in [0, 0.1) is 5.92 Å². The van der Waals surface area contributed by atoms with E-state index in [1.807, 2.05) is 52.0 Å². The van der Waals surface area contributed by atoms with E-state index in [1.165, 1.54) is 0 Å². The molecule has 1 rings (SSSR count). The van der Waals surface area contributed by atoms with Crippen molar-refractivity contribution in [3.63, 3.8) is 0 Å². The van der Waals surface area contributed by atoms with Gasteiger partial charge >= 0.3 is 0 Å². The SMILES string of the molecule is CC(C)Oc1ccc(NC(=O)C(N)C(C)C)cc1. The Bertz CT molecular complexity index is 385. The maximum Gasteiger partial charge on any atom is 0.241 e. The van der Waals surface area contributed by atoms with Crippen molar-refractivity contribution >= 4 is 11.6 Å². The van der Waals surface area contributed by atoms with Crippen molar-refractivity contribution < 1.29 is 9.53 Å². The zero-order valence-electron chi connectivity index (χ0n) is 11.4. The highest BCUT2D eigenvalue weighted by atomic mass is 16.5. The summed E-state index contributed by atoms with van der Waals surface area (Å²) in [5.74, 6) is 0.743. The zero-order chi connectivity index (χ0) is 13.7. The summed E-state index contributed by atoms with van der Waals surface area (Å²) in [6, 6.07) is 6.79. The molecule has 0 radical (unpaired) electrons. The third-order valence-corrected chi connectivity index (χ3v) is 2.51. The van der Waals surface area contributed by atoms with E-state index in [1.54, 1.807) is 0 Å². The fourth-order valence-corrected chi connectivity index (χ4v) is 1.42. The summed E-state index contributed by atoms with van der Waals surface area (Å²) in [6.45, 7) is 7.78. The summed E-state index contributed by atoms with van der Waals surface area (Å²) in [7, 11) is 0. The van der Waals surface area contributed by atoms with Gasteiger partial charge in [-0.15, -0.1) is 0 Å². The van der Waals surface area contributed by atoms with Crippen molar-refractivity contribution in [2.45, 2.75) is 39.8 Å². The topological polar surface area (TPSA) is 64.3 Å². The average Bonchev–Trinajstić information content (AvgIpc) is 2.29. The summed E-state index contributed by atoms with van der Waals surface area (Å²) >= 11 is 0. The van der Waals surface area contributed by atoms with E-state index in [2.05, 4.69) is 5.32 Å². The maximum atomic E-state index is 11.7. The molecule has 0 spiro atoms. The summed E-state index contributed by atoms with van der Waals surface area (Å²) in [4.78, 5) is 11.7. The molecule has 0 heterocycles. The lowest BCUT2D eigenvalue weighted by Crippen LogP contribution is -2.39. The van der Waals surface area contributed by atoms with Gasteiger partial charge < -0.3 is 15.8 Å². The highest BCUT2D eigenvalue weighted by Gasteiger charge is 2.16. The number of anilines is 1. The van der Waals surface area contributed by atoms with Crippen LogP contribution in [0.3, 0.4) is 0 Å². The predicted octanol–water partition coefficient (Wildman–Crippen LogP) is 2.40. The largest absolute Gasteiger partial charge is 0.491 e. The standard InChI is InChI=1S/C14H22N2O2/c1-9(2)13(15)14(17)16-11-5-7-12(8-6-11)18-10(3)4/h5-10,13H,15H2,1-4H3,(H,16,17). The Labute approximate surface area is 109 Å². The fraction of sp³-hybridized carbons (Fsp3) is 0.500. The molecule has 18 heavy (non-hydrogen) atoms. The van der Waals surface area contributed by atoms with Crippen LogP contribution >= 0.6 is 0 Å². The first kappa shape index (κ1) is 14.5. The Kier molecular flexibility index (Phi) is 5.16. The van der Waals surface area contributed by atoms with Gasteiger partial charge in [-0.25, -0.2) is 0 Å². The second-order valence-electron chi connectivity index (χ2n) is 4.95. The van der Waals surface area contributed by atoms with Crippen LogP contribution in [0.4, 0.5) is 5.69 Å². The number of carbonyl (C=O) groups excluding carboxylic acids is 1. The van der Waals surface area contributed by atoms with Gasteiger partial charge in [0, 0.05) is 5.69 Å². The van der Waals surface area contributed by atoms with Gasteiger partial charge in [-0.3, -0.25) is 4.79 Å². The number of hydrogen-bond donors (Lipinski definition) is 2. The van der Waals surface area contributed by atoms with Crippen LogP contribution in [-0.2, 0) is 4.79 Å². The monoisotopic (exact) mass is 250 g/mol. The lowest BCUT2D eigenvalue weighted by atomic mass is 10.1. The van der Waals surface area contributed by atoms with Crippen LogP contribution in [0.5, 0.6) is 5.75 Å². The molecule has 0 saturated carbocycles. The molecule has 0 saturated heterocycles. The van der Waals surface area contributed by atoms with Crippen molar-refractivity contribution in [1.29, 1.82) is 0 Å². The van der Waals surface area contributed by atoms with Gasteiger partial charge in [0.1, 0.15) is 5.75 Å². The molecular formula is C14H22N2O2. The normalized spacial score (nSPS) is 12.6. The summed E-state index contributed by atoms with van der Waals surface area (Å²) < 4.78 is 5.52. The average molecular weight is 250 g/mol. The van der Waals surface area contributed by atoms with Crippen LogP contribution in [0.2, 0.25) is 0 Å². The number of benzene rings is 1. The molecule has 3 N–H and O–H groups in total. The minimum absolute atomic E-state index is 0.119. The highest BCUT2D eigenvalue weighted by Crippen LogP contribution is 2.17. The molecule has 1 amide bonds. The molecule has 100 valence electrons. The molecule has 0 aliphatic heterocycles. The van der Waals surface area contributed by atoms with E-state index < -0.39 is 6.04 Å². The number of hydrogen-bond acceptors (Lipinski definition) is 3. The van der Waals surface area contributed by atoms with Gasteiger partial charge in [0.15, 0.2) is 0 Å². The zero-order valence-corrected chi connectivity index (χ0v) is 11.4. The van der Waals surface area contributed by atoms with Gasteiger partial charge in [0.05, 0.1) is 12.1 Å². The number of ether oxygens (including phenoxy) is 1. The molecule has 0 bridgehead atoms. The number of nitrogens with one attached hydrogen (secondary N) is 1. The first-order valence-corrected chi connectivity index (χ1v) is 6.23. The van der Waals surface area contributed by atoms with E-state index in [-0.39, 0.29) is 17.9 Å². The summed E-state index contributed by atoms with van der Waals surface area (Å²) in [6.07, 6.45) is 0.139. The molecule has 0 aliphatic carbocycles. The Morgan fingerprint density at radius 1 is 1.17 bits per heavy atom. The van der Waals surface area contributed by atoms with Crippen molar-refractivity contribution in [1.82, 2.24) is 0 Å². The quantitative estimate of drug-likeness (QED) is 0.843. The molecule has 0 aliphatic rings. The number of nitrogens with two attached hydrogens (primary N) is 1. The third-order valence-electron chi connectivity index (χ3n) is 2.51.